The minimum atomic E-state index is 0.128. The van der Waals surface area contributed by atoms with E-state index in [4.69, 9.17) is 0 Å². The zero-order valence-corrected chi connectivity index (χ0v) is 12.9. The van der Waals surface area contributed by atoms with Crippen molar-refractivity contribution in [1.82, 2.24) is 14.5 Å². The number of nitrogens with zero attached hydrogens (tertiary/aromatic N) is 3. The molecule has 0 spiro atoms. The summed E-state index contributed by atoms with van der Waals surface area (Å²) in [5.74, 6) is 0.128. The monoisotopic (exact) mass is 335 g/mol. The quantitative estimate of drug-likeness (QED) is 0.805. The number of fused-ring (bicyclic) bond motifs is 1. The highest BCUT2D eigenvalue weighted by Gasteiger charge is 2.30. The van der Waals surface area contributed by atoms with Crippen LogP contribution in [-0.2, 0) is 0 Å². The number of aromatic nitrogens is 2. The van der Waals surface area contributed by atoms with Gasteiger partial charge >= 0.3 is 0 Å². The molecule has 5 heteroatoms. The molecule has 1 unspecified atom stereocenters. The molecule has 1 fully saturated rings. The summed E-state index contributed by atoms with van der Waals surface area (Å²) in [5, 5.41) is 5.26. The van der Waals surface area contributed by atoms with Crippen LogP contribution in [0.25, 0.3) is 5.52 Å². The smallest absolute Gasteiger partial charge is 0.257 e. The van der Waals surface area contributed by atoms with Gasteiger partial charge in [0, 0.05) is 24.1 Å². The van der Waals surface area contributed by atoms with Crippen molar-refractivity contribution in [2.75, 3.05) is 11.9 Å². The van der Waals surface area contributed by atoms with Crippen molar-refractivity contribution >= 4 is 27.4 Å². The highest BCUT2D eigenvalue weighted by Crippen LogP contribution is 2.25. The number of carbonyl (C=O) groups is 1. The van der Waals surface area contributed by atoms with Crippen molar-refractivity contribution in [2.45, 2.75) is 31.7 Å². The average Bonchev–Trinajstić information content (AvgIpc) is 3.11. The lowest BCUT2D eigenvalue weighted by Crippen LogP contribution is -2.35. The molecule has 1 atom stereocenters. The zero-order valence-electron chi connectivity index (χ0n) is 11.3. The Bertz CT molecular complexity index is 610. The molecule has 0 bridgehead atoms. The minimum Gasteiger partial charge on any atom is -0.336 e. The number of amides is 1. The van der Waals surface area contributed by atoms with Crippen LogP contribution in [0.3, 0.4) is 0 Å². The van der Waals surface area contributed by atoms with Gasteiger partial charge in [0.25, 0.3) is 5.91 Å². The van der Waals surface area contributed by atoms with Crippen LogP contribution in [-0.4, -0.2) is 38.3 Å². The SMILES string of the molecule is O=C(c1cnn2ccccc12)N1CCCC1CCCBr. The number of halogens is 1. The summed E-state index contributed by atoms with van der Waals surface area (Å²) >= 11 is 3.47. The van der Waals surface area contributed by atoms with Gasteiger partial charge < -0.3 is 4.90 Å². The fourth-order valence-electron chi connectivity index (χ4n) is 2.97. The molecule has 4 nitrogen and oxygen atoms in total. The van der Waals surface area contributed by atoms with E-state index in [0.29, 0.717) is 6.04 Å². The number of alkyl halides is 1. The number of hydrogen-bond acceptors (Lipinski definition) is 2. The maximum Gasteiger partial charge on any atom is 0.257 e. The molecule has 1 amide bonds. The Kier molecular flexibility index (Phi) is 4.05. The van der Waals surface area contributed by atoms with Crippen LogP contribution in [0.2, 0.25) is 0 Å². The Labute approximate surface area is 126 Å². The molecule has 0 N–H and O–H groups in total. The third kappa shape index (κ3) is 2.46. The van der Waals surface area contributed by atoms with Crippen LogP contribution in [0.15, 0.2) is 30.6 Å². The van der Waals surface area contributed by atoms with Gasteiger partial charge in [0.15, 0.2) is 0 Å². The number of hydrogen-bond donors (Lipinski definition) is 0. The van der Waals surface area contributed by atoms with Gasteiger partial charge in [0.1, 0.15) is 0 Å². The minimum absolute atomic E-state index is 0.128. The number of rotatable bonds is 4. The van der Waals surface area contributed by atoms with E-state index < -0.39 is 0 Å². The Hall–Kier alpha value is -1.36. The van der Waals surface area contributed by atoms with E-state index in [1.165, 1.54) is 0 Å². The molecule has 0 aliphatic carbocycles. The predicted octanol–water partition coefficient (Wildman–Crippen LogP) is 3.11. The standard InChI is InChI=1S/C15H18BrN3O/c16-8-3-5-12-6-4-9-18(12)15(20)13-11-17-19-10-2-1-7-14(13)19/h1-2,7,10-12H,3-6,8-9H2. The van der Waals surface area contributed by atoms with Gasteiger partial charge in [-0.2, -0.15) is 5.10 Å². The summed E-state index contributed by atoms with van der Waals surface area (Å²) in [6, 6.07) is 6.20. The lowest BCUT2D eigenvalue weighted by molar-refractivity contribution is 0.0732. The Morgan fingerprint density at radius 1 is 1.45 bits per heavy atom. The molecule has 3 rings (SSSR count). The van der Waals surface area contributed by atoms with Crippen molar-refractivity contribution in [3.8, 4) is 0 Å². The first-order valence-electron chi connectivity index (χ1n) is 7.10. The Balaban J connectivity index is 1.84. The first-order valence-corrected chi connectivity index (χ1v) is 8.22. The van der Waals surface area contributed by atoms with Crippen molar-refractivity contribution in [1.29, 1.82) is 0 Å². The van der Waals surface area contributed by atoms with Gasteiger partial charge in [-0.05, 0) is 37.8 Å². The van der Waals surface area contributed by atoms with Crippen LogP contribution >= 0.6 is 15.9 Å². The normalized spacial score (nSPS) is 18.9. The second-order valence-electron chi connectivity index (χ2n) is 5.21. The highest BCUT2D eigenvalue weighted by molar-refractivity contribution is 9.09. The largest absolute Gasteiger partial charge is 0.336 e. The highest BCUT2D eigenvalue weighted by atomic mass is 79.9. The second-order valence-corrected chi connectivity index (χ2v) is 6.01. The van der Waals surface area contributed by atoms with E-state index in [2.05, 4.69) is 21.0 Å². The van der Waals surface area contributed by atoms with Gasteiger partial charge in [-0.25, -0.2) is 4.52 Å². The second kappa shape index (κ2) is 5.95. The fraction of sp³-hybridized carbons (Fsp3) is 0.467. The summed E-state index contributed by atoms with van der Waals surface area (Å²) in [7, 11) is 0. The van der Waals surface area contributed by atoms with Crippen LogP contribution in [0.1, 0.15) is 36.0 Å². The maximum absolute atomic E-state index is 12.8. The van der Waals surface area contributed by atoms with Crippen LogP contribution in [0, 0.1) is 0 Å². The lowest BCUT2D eigenvalue weighted by Gasteiger charge is -2.24. The van der Waals surface area contributed by atoms with E-state index in [9.17, 15) is 4.79 Å². The summed E-state index contributed by atoms with van der Waals surface area (Å²) in [6.07, 6.45) is 7.99. The summed E-state index contributed by atoms with van der Waals surface area (Å²) in [6.45, 7) is 0.871. The zero-order chi connectivity index (χ0) is 13.9. The molecular formula is C15H18BrN3O. The van der Waals surface area contributed by atoms with Crippen LogP contribution < -0.4 is 0 Å². The topological polar surface area (TPSA) is 37.6 Å². The molecule has 106 valence electrons. The third-order valence-electron chi connectivity index (χ3n) is 3.97. The van der Waals surface area contributed by atoms with Gasteiger partial charge in [0.05, 0.1) is 17.3 Å². The molecule has 0 saturated carbocycles. The average molecular weight is 336 g/mol. The lowest BCUT2D eigenvalue weighted by atomic mass is 10.1. The fourth-order valence-corrected chi connectivity index (χ4v) is 3.29. The van der Waals surface area contributed by atoms with Gasteiger partial charge in [-0.1, -0.05) is 22.0 Å². The van der Waals surface area contributed by atoms with E-state index in [-0.39, 0.29) is 5.91 Å². The summed E-state index contributed by atoms with van der Waals surface area (Å²) in [4.78, 5) is 14.8. The van der Waals surface area contributed by atoms with E-state index in [1.807, 2.05) is 29.3 Å². The van der Waals surface area contributed by atoms with Crippen molar-refractivity contribution in [3.05, 3.63) is 36.2 Å². The molecule has 2 aromatic rings. The molecule has 1 aliphatic heterocycles. The van der Waals surface area contributed by atoms with E-state index in [1.54, 1.807) is 10.7 Å². The summed E-state index contributed by atoms with van der Waals surface area (Å²) in [5.41, 5.74) is 1.61. The Morgan fingerprint density at radius 2 is 2.35 bits per heavy atom. The molecule has 0 radical (unpaired) electrons. The van der Waals surface area contributed by atoms with Gasteiger partial charge in [0.2, 0.25) is 0 Å². The molecular weight excluding hydrogens is 318 g/mol. The van der Waals surface area contributed by atoms with Crippen molar-refractivity contribution < 1.29 is 4.79 Å². The Morgan fingerprint density at radius 3 is 3.20 bits per heavy atom. The van der Waals surface area contributed by atoms with E-state index in [0.717, 1.165) is 48.6 Å². The molecule has 2 aromatic heterocycles. The number of likely N-dealkylation sites (tertiary alicyclic amines) is 1. The van der Waals surface area contributed by atoms with Crippen molar-refractivity contribution in [3.63, 3.8) is 0 Å². The first kappa shape index (κ1) is 13.6. The molecule has 1 saturated heterocycles. The van der Waals surface area contributed by atoms with Gasteiger partial charge in [-0.15, -0.1) is 0 Å². The summed E-state index contributed by atoms with van der Waals surface area (Å²) < 4.78 is 1.76. The van der Waals surface area contributed by atoms with E-state index >= 15 is 0 Å². The molecule has 20 heavy (non-hydrogen) atoms. The van der Waals surface area contributed by atoms with Crippen LogP contribution in [0.4, 0.5) is 0 Å². The molecule has 1 aliphatic rings. The third-order valence-corrected chi connectivity index (χ3v) is 4.53. The molecule has 0 aromatic carbocycles. The van der Waals surface area contributed by atoms with Crippen LogP contribution in [0.5, 0.6) is 0 Å². The predicted molar refractivity (Wildman–Crippen MR) is 82.3 cm³/mol. The van der Waals surface area contributed by atoms with Crippen molar-refractivity contribution in [2.24, 2.45) is 0 Å². The van der Waals surface area contributed by atoms with Gasteiger partial charge in [-0.3, -0.25) is 4.79 Å². The maximum atomic E-state index is 12.8. The number of carbonyl (C=O) groups excluding carboxylic acids is 1. The molecule has 3 heterocycles. The number of pyridine rings is 1. The first-order chi connectivity index (χ1) is 9.81.